The Morgan fingerprint density at radius 2 is 1.62 bits per heavy atom. The van der Waals surface area contributed by atoms with Crippen molar-refractivity contribution in [3.8, 4) is 11.5 Å². The molecule has 4 atom stereocenters. The van der Waals surface area contributed by atoms with E-state index < -0.39 is 40.6 Å². The van der Waals surface area contributed by atoms with Crippen molar-refractivity contribution in [2.75, 3.05) is 20.8 Å². The van der Waals surface area contributed by atoms with E-state index in [9.17, 15) is 33.0 Å². The predicted octanol–water partition coefficient (Wildman–Crippen LogP) is 10.4. The van der Waals surface area contributed by atoms with Crippen LogP contribution in [0, 0.1) is 5.41 Å². The Balaban J connectivity index is 1.32. The first-order chi connectivity index (χ1) is 29.1. The molecule has 3 aliphatic carbocycles. The van der Waals surface area contributed by atoms with Gasteiger partial charge in [0.25, 0.3) is 0 Å². The van der Waals surface area contributed by atoms with Crippen molar-refractivity contribution in [2.45, 2.75) is 95.6 Å². The number of amides is 1. The van der Waals surface area contributed by atoms with Crippen LogP contribution in [0.5, 0.6) is 11.5 Å². The molecule has 0 saturated heterocycles. The molecule has 5 aromatic rings. The van der Waals surface area contributed by atoms with Crippen molar-refractivity contribution in [1.29, 1.82) is 0 Å². The normalized spacial score (nSPS) is 22.0. The minimum Gasteiger partial charge on any atom is -0.493 e. The molecule has 0 aromatic heterocycles. The lowest BCUT2D eigenvalue weighted by atomic mass is 9.64. The lowest BCUT2D eigenvalue weighted by Crippen LogP contribution is -2.53. The standard InChI is InChI=1S/C51H54F3NO6/c1-33-10-9-24-49(2)44(42-21-18-34(26-40(56)20-17-33)27-43(42)48(58)37-13-8-15-39(30-37)51(52,53)54)23-25-50(49,59)32-55(31-38-14-7-12-36-11-5-6-16-41(36)38)47(57)29-35-19-22-45(60-3)46(28-35)61-4/h5-8,10-16,18-19,21-22,27-28,30,40,44,56,59H,9,17,20,23-26,29,31-32H2,1-4H3. The van der Waals surface area contributed by atoms with Gasteiger partial charge in [0, 0.05) is 23.1 Å². The number of hydrogen-bond acceptors (Lipinski definition) is 6. The van der Waals surface area contributed by atoms with Crippen LogP contribution < -0.4 is 9.47 Å². The van der Waals surface area contributed by atoms with Crippen molar-refractivity contribution >= 4 is 22.5 Å². The summed E-state index contributed by atoms with van der Waals surface area (Å²) in [5, 5.41) is 26.4. The van der Waals surface area contributed by atoms with Crippen molar-refractivity contribution in [2.24, 2.45) is 5.41 Å². The molecule has 0 radical (unpaired) electrons. The van der Waals surface area contributed by atoms with Gasteiger partial charge in [0.2, 0.25) is 5.91 Å². The highest BCUT2D eigenvalue weighted by Crippen LogP contribution is 2.59. The Bertz CT molecular complexity index is 2440. The summed E-state index contributed by atoms with van der Waals surface area (Å²) in [4.78, 5) is 31.0. The molecule has 8 rings (SSSR count). The number of aliphatic hydroxyl groups excluding tert-OH is 1. The molecule has 5 aromatic carbocycles. The largest absolute Gasteiger partial charge is 0.493 e. The molecule has 7 nitrogen and oxygen atoms in total. The molecule has 2 N–H and O–H groups in total. The van der Waals surface area contributed by atoms with Crippen LogP contribution in [0.4, 0.5) is 13.2 Å². The molecular formula is C51H54F3NO6. The van der Waals surface area contributed by atoms with E-state index in [1.54, 1.807) is 37.3 Å². The molecule has 320 valence electrons. The third-order valence-corrected chi connectivity index (χ3v) is 13.2. The molecule has 4 unspecified atom stereocenters. The summed E-state index contributed by atoms with van der Waals surface area (Å²) >= 11 is 0. The maximum absolute atomic E-state index is 14.7. The molecule has 1 saturated carbocycles. The quantitative estimate of drug-likeness (QED) is 0.107. The van der Waals surface area contributed by atoms with E-state index in [2.05, 4.69) is 6.08 Å². The highest BCUT2D eigenvalue weighted by Gasteiger charge is 2.57. The van der Waals surface area contributed by atoms with Gasteiger partial charge < -0.3 is 24.6 Å². The van der Waals surface area contributed by atoms with Crippen LogP contribution in [0.15, 0.2) is 115 Å². The van der Waals surface area contributed by atoms with Gasteiger partial charge in [-0.05, 0) is 121 Å². The molecular weight excluding hydrogens is 780 g/mol. The highest BCUT2D eigenvalue weighted by molar-refractivity contribution is 6.10. The molecule has 0 heterocycles. The number of methoxy groups -OCH3 is 2. The first-order valence-electron chi connectivity index (χ1n) is 21.0. The summed E-state index contributed by atoms with van der Waals surface area (Å²) in [6, 6.07) is 29.3. The van der Waals surface area contributed by atoms with E-state index in [0.29, 0.717) is 61.2 Å². The second-order valence-corrected chi connectivity index (χ2v) is 17.1. The average molecular weight is 834 g/mol. The van der Waals surface area contributed by atoms with Crippen LogP contribution in [0.2, 0.25) is 0 Å². The van der Waals surface area contributed by atoms with Crippen molar-refractivity contribution in [3.05, 3.63) is 154 Å². The second kappa shape index (κ2) is 17.9. The number of ketones is 1. The topological polar surface area (TPSA) is 96.3 Å². The van der Waals surface area contributed by atoms with Crippen molar-refractivity contribution in [1.82, 2.24) is 4.90 Å². The van der Waals surface area contributed by atoms with Gasteiger partial charge in [-0.1, -0.05) is 91.4 Å². The number of halogens is 3. The van der Waals surface area contributed by atoms with Crippen LogP contribution >= 0.6 is 0 Å². The Hall–Kier alpha value is -5.45. The summed E-state index contributed by atoms with van der Waals surface area (Å²) in [6.45, 7) is 4.30. The van der Waals surface area contributed by atoms with Gasteiger partial charge in [-0.25, -0.2) is 0 Å². The molecule has 61 heavy (non-hydrogen) atoms. The number of carbonyl (C=O) groups is 2. The predicted molar refractivity (Wildman–Crippen MR) is 231 cm³/mol. The van der Waals surface area contributed by atoms with Gasteiger partial charge in [0.05, 0.1) is 44.5 Å². The third kappa shape index (κ3) is 9.26. The minimum atomic E-state index is -4.64. The maximum Gasteiger partial charge on any atom is 0.416 e. The Morgan fingerprint density at radius 3 is 2.39 bits per heavy atom. The summed E-state index contributed by atoms with van der Waals surface area (Å²) in [5.41, 5.74) is 0.993. The number of benzene rings is 5. The van der Waals surface area contributed by atoms with Crippen LogP contribution in [0.1, 0.15) is 102 Å². The number of allylic oxidation sites excluding steroid dienone is 2. The second-order valence-electron chi connectivity index (χ2n) is 17.1. The number of ether oxygens (including phenoxy) is 2. The van der Waals surface area contributed by atoms with E-state index in [0.717, 1.165) is 39.6 Å². The fourth-order valence-electron chi connectivity index (χ4n) is 9.65. The van der Waals surface area contributed by atoms with E-state index in [1.165, 1.54) is 12.1 Å². The molecule has 2 bridgehead atoms. The van der Waals surface area contributed by atoms with E-state index in [1.807, 2.05) is 74.5 Å². The Morgan fingerprint density at radius 1 is 0.869 bits per heavy atom. The number of carbonyl (C=O) groups excluding carboxylic acids is 2. The maximum atomic E-state index is 14.7. The lowest BCUT2D eigenvalue weighted by molar-refractivity contribution is -0.140. The van der Waals surface area contributed by atoms with Gasteiger partial charge in [-0.15, -0.1) is 0 Å². The first-order valence-corrected chi connectivity index (χ1v) is 21.0. The van der Waals surface area contributed by atoms with Gasteiger partial charge in [-0.3, -0.25) is 9.59 Å². The van der Waals surface area contributed by atoms with Gasteiger partial charge in [-0.2, -0.15) is 13.2 Å². The van der Waals surface area contributed by atoms with Crippen LogP contribution in [0.3, 0.4) is 0 Å². The number of aliphatic hydroxyl groups is 2. The van der Waals surface area contributed by atoms with Gasteiger partial charge in [0.15, 0.2) is 17.3 Å². The van der Waals surface area contributed by atoms with Crippen molar-refractivity contribution < 1.29 is 42.4 Å². The average Bonchev–Trinajstić information content (AvgIpc) is 3.50. The number of fused-ring (bicyclic) bond motifs is 9. The van der Waals surface area contributed by atoms with E-state index >= 15 is 0 Å². The highest BCUT2D eigenvalue weighted by atomic mass is 19.4. The van der Waals surface area contributed by atoms with Crippen molar-refractivity contribution in [3.63, 3.8) is 0 Å². The van der Waals surface area contributed by atoms with Crippen LogP contribution in [0.25, 0.3) is 10.8 Å². The fourth-order valence-corrected chi connectivity index (χ4v) is 9.65. The summed E-state index contributed by atoms with van der Waals surface area (Å²) in [6.07, 6.45) is 0.148. The zero-order chi connectivity index (χ0) is 43.5. The fraction of sp³-hybridized carbons (Fsp3) is 0.373. The molecule has 10 heteroatoms. The van der Waals surface area contributed by atoms with Gasteiger partial charge in [0.1, 0.15) is 0 Å². The monoisotopic (exact) mass is 833 g/mol. The molecule has 1 fully saturated rings. The number of hydrogen-bond donors (Lipinski definition) is 2. The molecule has 3 aliphatic rings. The summed E-state index contributed by atoms with van der Waals surface area (Å²) in [5.74, 6) is -0.115. The minimum absolute atomic E-state index is 0.000770. The molecule has 1 amide bonds. The number of nitrogens with zero attached hydrogens (tertiary/aromatic N) is 1. The lowest BCUT2D eigenvalue weighted by Gasteiger charge is -2.46. The zero-order valence-electron chi connectivity index (χ0n) is 35.2. The summed E-state index contributed by atoms with van der Waals surface area (Å²) < 4.78 is 52.7. The van der Waals surface area contributed by atoms with Crippen LogP contribution in [-0.2, 0) is 30.4 Å². The first kappa shape index (κ1) is 43.6. The summed E-state index contributed by atoms with van der Waals surface area (Å²) in [7, 11) is 3.09. The number of rotatable bonds is 10. The molecule has 0 spiro atoms. The molecule has 0 aliphatic heterocycles. The Labute approximate surface area is 355 Å². The number of alkyl halides is 3. The third-order valence-electron chi connectivity index (χ3n) is 13.2. The smallest absolute Gasteiger partial charge is 0.416 e. The Kier molecular flexibility index (Phi) is 12.8. The zero-order valence-corrected chi connectivity index (χ0v) is 35.2. The van der Waals surface area contributed by atoms with Crippen LogP contribution in [-0.4, -0.2) is 59.3 Å². The van der Waals surface area contributed by atoms with E-state index in [-0.39, 0.29) is 43.0 Å². The van der Waals surface area contributed by atoms with Gasteiger partial charge >= 0.3 is 6.18 Å². The SMILES string of the molecule is COc1ccc(CC(=O)N(Cc2cccc3ccccc23)CC2(O)CCC3c4ccc(cc4C(=O)c4cccc(C(F)(F)F)c4)CC(O)CCC(C)=CCCC32C)cc1OC. The van der Waals surface area contributed by atoms with E-state index in [4.69, 9.17) is 9.47 Å².